The quantitative estimate of drug-likeness (QED) is 0.915. The third-order valence-electron chi connectivity index (χ3n) is 2.11. The molecule has 82 valence electrons. The Labute approximate surface area is 99.8 Å². The molecule has 1 aromatic heterocycles. The summed E-state index contributed by atoms with van der Waals surface area (Å²) in [5.41, 5.74) is 1.64. The summed E-state index contributed by atoms with van der Waals surface area (Å²) >= 11 is 3.06. The predicted octanol–water partition coefficient (Wildman–Crippen LogP) is 2.04. The number of carboxylic acids is 1. The van der Waals surface area contributed by atoms with Gasteiger partial charge in [-0.2, -0.15) is 0 Å². The molecule has 2 rings (SSSR count). The highest BCUT2D eigenvalue weighted by Gasteiger charge is 2.16. The molecule has 0 fully saturated rings. The van der Waals surface area contributed by atoms with Gasteiger partial charge in [0.25, 0.3) is 0 Å². The Hall–Kier alpha value is -1.69. The molecule has 0 spiro atoms. The summed E-state index contributed by atoms with van der Waals surface area (Å²) in [5.74, 6) is -1.10. The molecular formula is C10H8BrN3O2. The van der Waals surface area contributed by atoms with Gasteiger partial charge < -0.3 is 5.11 Å². The summed E-state index contributed by atoms with van der Waals surface area (Å²) in [6.45, 7) is 1.91. The minimum Gasteiger partial charge on any atom is -0.476 e. The minimum absolute atomic E-state index is 0.0942. The molecule has 0 aliphatic heterocycles. The largest absolute Gasteiger partial charge is 0.476 e. The lowest BCUT2D eigenvalue weighted by molar-refractivity contribution is 0.0689. The SMILES string of the molecule is Cc1ccccc1-n1nc(Br)c(C(=O)O)n1. The average Bonchev–Trinajstić information content (AvgIpc) is 2.61. The van der Waals surface area contributed by atoms with Crippen molar-refractivity contribution >= 4 is 21.9 Å². The van der Waals surface area contributed by atoms with Gasteiger partial charge >= 0.3 is 5.97 Å². The van der Waals surface area contributed by atoms with E-state index in [-0.39, 0.29) is 10.3 Å². The van der Waals surface area contributed by atoms with Crippen LogP contribution < -0.4 is 0 Å². The van der Waals surface area contributed by atoms with Gasteiger partial charge in [-0.25, -0.2) is 4.79 Å². The van der Waals surface area contributed by atoms with Gasteiger partial charge in [0.05, 0.1) is 5.69 Å². The van der Waals surface area contributed by atoms with Gasteiger partial charge in [0, 0.05) is 0 Å². The number of carbonyl (C=O) groups is 1. The van der Waals surface area contributed by atoms with Crippen molar-refractivity contribution in [3.63, 3.8) is 0 Å². The van der Waals surface area contributed by atoms with Crippen molar-refractivity contribution in [3.8, 4) is 5.69 Å². The number of benzene rings is 1. The Morgan fingerprint density at radius 2 is 2.06 bits per heavy atom. The molecule has 16 heavy (non-hydrogen) atoms. The van der Waals surface area contributed by atoms with Crippen LogP contribution in [-0.4, -0.2) is 26.1 Å². The van der Waals surface area contributed by atoms with Gasteiger partial charge in [0.1, 0.15) is 0 Å². The molecule has 0 saturated carbocycles. The molecule has 2 aromatic rings. The van der Waals surface area contributed by atoms with E-state index in [9.17, 15) is 4.79 Å². The zero-order valence-corrected chi connectivity index (χ0v) is 9.97. The van der Waals surface area contributed by atoms with E-state index in [4.69, 9.17) is 5.11 Å². The number of para-hydroxylation sites is 1. The Balaban J connectivity index is 2.54. The van der Waals surface area contributed by atoms with E-state index in [1.54, 1.807) is 0 Å². The number of aromatic nitrogens is 3. The third-order valence-corrected chi connectivity index (χ3v) is 2.64. The molecule has 1 N–H and O–H groups in total. The number of aryl methyl sites for hydroxylation is 1. The molecule has 0 aliphatic carbocycles. The fraction of sp³-hybridized carbons (Fsp3) is 0.100. The van der Waals surface area contributed by atoms with Crippen molar-refractivity contribution in [2.45, 2.75) is 6.92 Å². The van der Waals surface area contributed by atoms with Gasteiger partial charge in [-0.05, 0) is 34.5 Å². The molecule has 0 atom stereocenters. The van der Waals surface area contributed by atoms with E-state index in [2.05, 4.69) is 26.1 Å². The zero-order valence-electron chi connectivity index (χ0n) is 8.38. The molecule has 5 nitrogen and oxygen atoms in total. The molecule has 0 amide bonds. The zero-order chi connectivity index (χ0) is 11.7. The van der Waals surface area contributed by atoms with E-state index in [1.807, 2.05) is 31.2 Å². The van der Waals surface area contributed by atoms with Crippen molar-refractivity contribution in [3.05, 3.63) is 40.1 Å². The number of rotatable bonds is 2. The fourth-order valence-corrected chi connectivity index (χ4v) is 1.71. The highest BCUT2D eigenvalue weighted by atomic mass is 79.9. The summed E-state index contributed by atoms with van der Waals surface area (Å²) in [6, 6.07) is 7.48. The molecule has 1 aromatic carbocycles. The van der Waals surface area contributed by atoms with Crippen LogP contribution in [0.3, 0.4) is 0 Å². The molecule has 0 saturated heterocycles. The van der Waals surface area contributed by atoms with E-state index in [0.717, 1.165) is 11.3 Å². The first kappa shape index (κ1) is 10.8. The van der Waals surface area contributed by atoms with Crippen LogP contribution in [0.25, 0.3) is 5.69 Å². The Morgan fingerprint density at radius 1 is 1.38 bits per heavy atom. The highest BCUT2D eigenvalue weighted by molar-refractivity contribution is 9.10. The maximum Gasteiger partial charge on any atom is 0.359 e. The van der Waals surface area contributed by atoms with Crippen molar-refractivity contribution in [2.75, 3.05) is 0 Å². The first-order valence-corrected chi connectivity index (χ1v) is 5.31. The number of hydrogen-bond acceptors (Lipinski definition) is 3. The average molecular weight is 282 g/mol. The summed E-state index contributed by atoms with van der Waals surface area (Å²) in [5, 5.41) is 16.8. The van der Waals surface area contributed by atoms with Crippen LogP contribution in [0.15, 0.2) is 28.9 Å². The normalized spacial score (nSPS) is 10.4. The van der Waals surface area contributed by atoms with Crippen LogP contribution in [0.5, 0.6) is 0 Å². The second-order valence-electron chi connectivity index (χ2n) is 3.22. The van der Waals surface area contributed by atoms with E-state index < -0.39 is 5.97 Å². The summed E-state index contributed by atoms with van der Waals surface area (Å²) < 4.78 is 0.225. The number of halogens is 1. The second kappa shape index (κ2) is 4.05. The fourth-order valence-electron chi connectivity index (χ4n) is 1.32. The lowest BCUT2D eigenvalue weighted by atomic mass is 10.2. The summed E-state index contributed by atoms with van der Waals surface area (Å²) in [4.78, 5) is 12.1. The maximum absolute atomic E-state index is 10.8. The monoisotopic (exact) mass is 281 g/mol. The van der Waals surface area contributed by atoms with Gasteiger partial charge in [-0.15, -0.1) is 15.0 Å². The van der Waals surface area contributed by atoms with Crippen LogP contribution in [0.4, 0.5) is 0 Å². The Kier molecular flexibility index (Phi) is 2.74. The predicted molar refractivity (Wildman–Crippen MR) is 60.8 cm³/mol. The molecular weight excluding hydrogens is 274 g/mol. The van der Waals surface area contributed by atoms with E-state index in [0.29, 0.717) is 0 Å². The van der Waals surface area contributed by atoms with Crippen molar-refractivity contribution < 1.29 is 9.90 Å². The van der Waals surface area contributed by atoms with Crippen LogP contribution in [0, 0.1) is 6.92 Å². The Bertz CT molecular complexity index is 551. The molecule has 0 aliphatic rings. The van der Waals surface area contributed by atoms with E-state index >= 15 is 0 Å². The minimum atomic E-state index is -1.10. The van der Waals surface area contributed by atoms with Crippen LogP contribution in [0.2, 0.25) is 0 Å². The van der Waals surface area contributed by atoms with Crippen molar-refractivity contribution in [1.29, 1.82) is 0 Å². The first-order chi connectivity index (χ1) is 7.59. The number of nitrogens with zero attached hydrogens (tertiary/aromatic N) is 3. The van der Waals surface area contributed by atoms with Gasteiger partial charge in [0.15, 0.2) is 4.60 Å². The van der Waals surface area contributed by atoms with Gasteiger partial charge in [0.2, 0.25) is 5.69 Å². The van der Waals surface area contributed by atoms with Crippen molar-refractivity contribution in [2.24, 2.45) is 0 Å². The van der Waals surface area contributed by atoms with Crippen molar-refractivity contribution in [1.82, 2.24) is 15.0 Å². The lowest BCUT2D eigenvalue weighted by Gasteiger charge is -2.02. The number of hydrogen-bond donors (Lipinski definition) is 1. The highest BCUT2D eigenvalue weighted by Crippen LogP contribution is 2.16. The summed E-state index contributed by atoms with van der Waals surface area (Å²) in [6.07, 6.45) is 0. The topological polar surface area (TPSA) is 68.0 Å². The molecule has 1 heterocycles. The molecule has 6 heteroatoms. The standard InChI is InChI=1S/C10H8BrN3O2/c1-6-4-2-3-5-7(6)14-12-8(10(15)16)9(11)13-14/h2-5H,1H3,(H,15,16). The van der Waals surface area contributed by atoms with Crippen LogP contribution in [-0.2, 0) is 0 Å². The second-order valence-corrected chi connectivity index (χ2v) is 3.97. The Morgan fingerprint density at radius 3 is 2.62 bits per heavy atom. The molecule has 0 radical (unpaired) electrons. The smallest absolute Gasteiger partial charge is 0.359 e. The van der Waals surface area contributed by atoms with Gasteiger partial charge in [-0.3, -0.25) is 0 Å². The van der Waals surface area contributed by atoms with Crippen LogP contribution >= 0.6 is 15.9 Å². The number of carboxylic acid groups (broad SMARTS) is 1. The first-order valence-electron chi connectivity index (χ1n) is 4.51. The summed E-state index contributed by atoms with van der Waals surface area (Å²) in [7, 11) is 0. The molecule has 0 bridgehead atoms. The van der Waals surface area contributed by atoms with E-state index in [1.165, 1.54) is 4.80 Å². The number of aromatic carboxylic acids is 1. The van der Waals surface area contributed by atoms with Crippen LogP contribution in [0.1, 0.15) is 16.1 Å². The van der Waals surface area contributed by atoms with Gasteiger partial charge in [-0.1, -0.05) is 18.2 Å². The maximum atomic E-state index is 10.8. The lowest BCUT2D eigenvalue weighted by Crippen LogP contribution is -2.03. The molecule has 0 unspecified atom stereocenters. The third kappa shape index (κ3) is 1.83.